The number of nitrogens with one attached hydrogen (secondary N) is 1. The van der Waals surface area contributed by atoms with Gasteiger partial charge in [-0.15, -0.1) is 0 Å². The maximum atomic E-state index is 9.79. The molecule has 0 spiro atoms. The molecule has 1 heterocycles. The van der Waals surface area contributed by atoms with Gasteiger partial charge < -0.3 is 5.32 Å². The topological polar surface area (TPSA) is 66.4 Å². The molecule has 4 nitrogen and oxygen atoms in total. The molecule has 0 atom stereocenters. The molecule has 0 aromatic heterocycles. The van der Waals surface area contributed by atoms with Crippen LogP contribution in [0, 0.1) is 0 Å². The maximum Gasteiger partial charge on any atom is 0.264 e. The van der Waals surface area contributed by atoms with Crippen LogP contribution in [-0.4, -0.2) is 25.3 Å². The van der Waals surface area contributed by atoms with E-state index in [1.54, 1.807) is 6.92 Å². The first-order chi connectivity index (χ1) is 8.03. The molecule has 0 aliphatic carbocycles. The number of benzene rings is 1. The van der Waals surface area contributed by atoms with Gasteiger partial charge >= 0.3 is 0 Å². The Morgan fingerprint density at radius 1 is 1.35 bits per heavy atom. The van der Waals surface area contributed by atoms with Gasteiger partial charge in [-0.2, -0.15) is 8.42 Å². The van der Waals surface area contributed by atoms with Crippen molar-refractivity contribution >= 4 is 15.8 Å². The summed E-state index contributed by atoms with van der Waals surface area (Å²) in [5, 5.41) is 3.36. The van der Waals surface area contributed by atoms with Gasteiger partial charge in [0.05, 0.1) is 5.75 Å². The number of aryl methyl sites for hydroxylation is 1. The van der Waals surface area contributed by atoms with Crippen LogP contribution in [0.4, 0.5) is 5.69 Å². The van der Waals surface area contributed by atoms with Crippen molar-refractivity contribution in [3.8, 4) is 0 Å². The van der Waals surface area contributed by atoms with Gasteiger partial charge in [-0.25, -0.2) is 0 Å². The van der Waals surface area contributed by atoms with Crippen molar-refractivity contribution in [1.82, 2.24) is 0 Å². The molecule has 1 aromatic carbocycles. The van der Waals surface area contributed by atoms with Gasteiger partial charge in [0, 0.05) is 12.2 Å². The van der Waals surface area contributed by atoms with E-state index in [4.69, 9.17) is 4.55 Å². The minimum atomic E-state index is -3.67. The first kappa shape index (κ1) is 14.0. The zero-order valence-corrected chi connectivity index (χ0v) is 10.8. The van der Waals surface area contributed by atoms with Gasteiger partial charge in [0.25, 0.3) is 10.1 Å². The molecule has 96 valence electrons. The van der Waals surface area contributed by atoms with Crippen LogP contribution >= 0.6 is 0 Å². The lowest BCUT2D eigenvalue weighted by Crippen LogP contribution is -2.10. The number of para-hydroxylation sites is 1. The van der Waals surface area contributed by atoms with E-state index < -0.39 is 10.1 Å². The standard InChI is InChI=1S/C9H11N.C3H8O3S/c1-2-6-9-8(4-1)5-3-7-10-9;1-2-3-7(4,5)6/h1-2,4,6,10H,3,5,7H2;2-3H2,1H3,(H,4,5,6). The normalized spacial score (nSPS) is 14.0. The summed E-state index contributed by atoms with van der Waals surface area (Å²) < 4.78 is 27.6. The molecule has 2 N–H and O–H groups in total. The van der Waals surface area contributed by atoms with Gasteiger partial charge in [0.15, 0.2) is 0 Å². The number of rotatable bonds is 2. The largest absolute Gasteiger partial charge is 0.385 e. The number of hydrogen-bond acceptors (Lipinski definition) is 3. The smallest absolute Gasteiger partial charge is 0.264 e. The van der Waals surface area contributed by atoms with Crippen molar-refractivity contribution < 1.29 is 13.0 Å². The second kappa shape index (κ2) is 6.61. The first-order valence-electron chi connectivity index (χ1n) is 5.80. The molecule has 1 aromatic rings. The molecule has 0 unspecified atom stereocenters. The van der Waals surface area contributed by atoms with E-state index in [1.165, 1.54) is 24.1 Å². The van der Waals surface area contributed by atoms with Gasteiger partial charge in [-0.05, 0) is 30.9 Å². The van der Waals surface area contributed by atoms with E-state index in [2.05, 4.69) is 29.6 Å². The third-order valence-corrected chi connectivity index (χ3v) is 3.34. The Labute approximate surface area is 103 Å². The highest BCUT2D eigenvalue weighted by Gasteiger charge is 2.04. The molecule has 1 aliphatic heterocycles. The van der Waals surface area contributed by atoms with E-state index >= 15 is 0 Å². The van der Waals surface area contributed by atoms with Crippen LogP contribution in [-0.2, 0) is 16.5 Å². The molecule has 0 saturated carbocycles. The lowest BCUT2D eigenvalue weighted by atomic mass is 10.0. The highest BCUT2D eigenvalue weighted by molar-refractivity contribution is 7.85. The predicted molar refractivity (Wildman–Crippen MR) is 70.0 cm³/mol. The van der Waals surface area contributed by atoms with Crippen molar-refractivity contribution in [2.24, 2.45) is 0 Å². The number of hydrogen-bond donors (Lipinski definition) is 2. The Hall–Kier alpha value is -1.07. The van der Waals surface area contributed by atoms with E-state index in [1.807, 2.05) is 0 Å². The number of anilines is 1. The van der Waals surface area contributed by atoms with Crippen molar-refractivity contribution in [3.05, 3.63) is 29.8 Å². The highest BCUT2D eigenvalue weighted by Crippen LogP contribution is 2.20. The Balaban J connectivity index is 0.000000185. The molecule has 5 heteroatoms. The minimum Gasteiger partial charge on any atom is -0.385 e. The summed E-state index contributed by atoms with van der Waals surface area (Å²) >= 11 is 0. The van der Waals surface area contributed by atoms with Crippen LogP contribution in [0.25, 0.3) is 0 Å². The van der Waals surface area contributed by atoms with Gasteiger partial charge in [-0.3, -0.25) is 4.55 Å². The van der Waals surface area contributed by atoms with Crippen LogP contribution in [0.2, 0.25) is 0 Å². The molecule has 0 radical (unpaired) electrons. The lowest BCUT2D eigenvalue weighted by molar-refractivity contribution is 0.482. The minimum absolute atomic E-state index is 0.132. The average Bonchev–Trinajstić information content (AvgIpc) is 2.28. The van der Waals surface area contributed by atoms with E-state index in [0.29, 0.717) is 6.42 Å². The second-order valence-electron chi connectivity index (χ2n) is 3.97. The molecule has 2 rings (SSSR count). The number of fused-ring (bicyclic) bond motifs is 1. The van der Waals surface area contributed by atoms with Gasteiger partial charge in [-0.1, -0.05) is 25.1 Å². The van der Waals surface area contributed by atoms with E-state index in [0.717, 1.165) is 6.54 Å². The fourth-order valence-corrected chi connectivity index (χ4v) is 2.19. The van der Waals surface area contributed by atoms with Crippen LogP contribution in [0.3, 0.4) is 0 Å². The van der Waals surface area contributed by atoms with Crippen LogP contribution in [0.1, 0.15) is 25.3 Å². The quantitative estimate of drug-likeness (QED) is 0.798. The second-order valence-corrected chi connectivity index (χ2v) is 5.55. The summed E-state index contributed by atoms with van der Waals surface area (Å²) in [6, 6.07) is 8.53. The Bertz CT molecular complexity index is 418. The van der Waals surface area contributed by atoms with Gasteiger partial charge in [0.2, 0.25) is 0 Å². The Morgan fingerprint density at radius 2 is 2.06 bits per heavy atom. The molecule has 0 saturated heterocycles. The SMILES string of the molecule is CCCS(=O)(=O)O.c1ccc2c(c1)CCCN2. The lowest BCUT2D eigenvalue weighted by Gasteiger charge is -2.16. The fourth-order valence-electron chi connectivity index (χ4n) is 1.67. The summed E-state index contributed by atoms with van der Waals surface area (Å²) in [6.45, 7) is 2.82. The zero-order valence-electron chi connectivity index (χ0n) is 10.0. The van der Waals surface area contributed by atoms with Gasteiger partial charge in [0.1, 0.15) is 0 Å². The summed E-state index contributed by atoms with van der Waals surface area (Å²) in [7, 11) is -3.67. The Kier molecular flexibility index (Phi) is 5.44. The highest BCUT2D eigenvalue weighted by atomic mass is 32.2. The van der Waals surface area contributed by atoms with Crippen molar-refractivity contribution in [2.75, 3.05) is 17.6 Å². The van der Waals surface area contributed by atoms with Crippen LogP contribution < -0.4 is 5.32 Å². The molecular weight excluding hydrogens is 238 g/mol. The summed E-state index contributed by atoms with van der Waals surface area (Å²) in [5.74, 6) is -0.132. The first-order valence-corrected chi connectivity index (χ1v) is 7.41. The Morgan fingerprint density at radius 3 is 2.59 bits per heavy atom. The van der Waals surface area contributed by atoms with E-state index in [9.17, 15) is 8.42 Å². The molecule has 17 heavy (non-hydrogen) atoms. The molecule has 1 aliphatic rings. The summed E-state index contributed by atoms with van der Waals surface area (Å²) in [4.78, 5) is 0. The average molecular weight is 257 g/mol. The third kappa shape index (κ3) is 5.70. The maximum absolute atomic E-state index is 9.79. The molecule has 0 bridgehead atoms. The van der Waals surface area contributed by atoms with E-state index in [-0.39, 0.29) is 5.75 Å². The van der Waals surface area contributed by atoms with Crippen LogP contribution in [0.5, 0.6) is 0 Å². The monoisotopic (exact) mass is 257 g/mol. The molecule has 0 amide bonds. The zero-order chi connectivity index (χ0) is 12.7. The summed E-state index contributed by atoms with van der Waals surface area (Å²) in [6.07, 6.45) is 2.99. The molecule has 0 fully saturated rings. The third-order valence-electron chi connectivity index (χ3n) is 2.42. The van der Waals surface area contributed by atoms with Crippen molar-refractivity contribution in [2.45, 2.75) is 26.2 Å². The van der Waals surface area contributed by atoms with Crippen LogP contribution in [0.15, 0.2) is 24.3 Å². The fraction of sp³-hybridized carbons (Fsp3) is 0.500. The summed E-state index contributed by atoms with van der Waals surface area (Å²) in [5.41, 5.74) is 2.79. The van der Waals surface area contributed by atoms with Crippen molar-refractivity contribution in [3.63, 3.8) is 0 Å². The molecular formula is C12H19NO3S. The predicted octanol–water partition coefficient (Wildman–Crippen LogP) is 2.33. The van der Waals surface area contributed by atoms with Crippen molar-refractivity contribution in [1.29, 1.82) is 0 Å².